The molecule has 3 heteroatoms. The lowest BCUT2D eigenvalue weighted by Crippen LogP contribution is -2.50. The van der Waals surface area contributed by atoms with E-state index in [2.05, 4.69) is 74.1 Å². The minimum atomic E-state index is 0.172. The molecular weight excluding hydrogens is 246 g/mol. The van der Waals surface area contributed by atoms with Crippen LogP contribution in [0.3, 0.4) is 0 Å². The van der Waals surface area contributed by atoms with Crippen molar-refractivity contribution in [2.75, 3.05) is 31.6 Å². The van der Waals surface area contributed by atoms with E-state index in [0.29, 0.717) is 6.04 Å². The fraction of sp³-hybridized carbons (Fsp3) is 0.647. The molecule has 0 spiro atoms. The number of hydrogen-bond donors (Lipinski definition) is 1. The van der Waals surface area contributed by atoms with E-state index >= 15 is 0 Å². The van der Waals surface area contributed by atoms with Crippen molar-refractivity contribution in [2.24, 2.45) is 0 Å². The van der Waals surface area contributed by atoms with Gasteiger partial charge in [0.25, 0.3) is 0 Å². The van der Waals surface area contributed by atoms with Crippen molar-refractivity contribution in [3.63, 3.8) is 0 Å². The Labute approximate surface area is 124 Å². The lowest BCUT2D eigenvalue weighted by atomic mass is 10.1. The quantitative estimate of drug-likeness (QED) is 0.915. The highest BCUT2D eigenvalue weighted by Crippen LogP contribution is 2.19. The maximum absolute atomic E-state index is 3.53. The molecule has 1 heterocycles. The zero-order valence-electron chi connectivity index (χ0n) is 13.6. The molecule has 0 bridgehead atoms. The number of likely N-dealkylation sites (N-methyl/N-ethyl adjacent to an activating group) is 1. The second kappa shape index (κ2) is 6.15. The van der Waals surface area contributed by atoms with Crippen LogP contribution in [0.2, 0.25) is 0 Å². The zero-order valence-corrected chi connectivity index (χ0v) is 13.6. The van der Waals surface area contributed by atoms with Crippen LogP contribution in [-0.4, -0.2) is 43.2 Å². The second-order valence-electron chi connectivity index (χ2n) is 7.05. The van der Waals surface area contributed by atoms with Crippen molar-refractivity contribution in [1.29, 1.82) is 0 Å². The fourth-order valence-corrected chi connectivity index (χ4v) is 2.47. The van der Waals surface area contributed by atoms with Gasteiger partial charge in [0, 0.05) is 43.4 Å². The number of piperazine rings is 1. The summed E-state index contributed by atoms with van der Waals surface area (Å²) in [5.41, 5.74) is 2.88. The molecule has 1 N–H and O–H groups in total. The van der Waals surface area contributed by atoms with E-state index in [1.54, 1.807) is 0 Å². The van der Waals surface area contributed by atoms with Crippen molar-refractivity contribution >= 4 is 5.69 Å². The first-order valence-electron chi connectivity index (χ1n) is 7.64. The smallest absolute Gasteiger partial charge is 0.0367 e. The lowest BCUT2D eigenvalue weighted by molar-refractivity contribution is 0.234. The van der Waals surface area contributed by atoms with Gasteiger partial charge in [0.15, 0.2) is 0 Å². The topological polar surface area (TPSA) is 18.5 Å². The van der Waals surface area contributed by atoms with E-state index in [1.807, 2.05) is 0 Å². The first kappa shape index (κ1) is 15.3. The highest BCUT2D eigenvalue weighted by molar-refractivity contribution is 5.48. The highest BCUT2D eigenvalue weighted by Gasteiger charge is 2.20. The fourth-order valence-electron chi connectivity index (χ4n) is 2.47. The predicted molar refractivity (Wildman–Crippen MR) is 87.3 cm³/mol. The third-order valence-electron chi connectivity index (χ3n) is 4.08. The van der Waals surface area contributed by atoms with Crippen LogP contribution in [0, 0.1) is 0 Å². The molecule has 2 rings (SSSR count). The molecule has 1 unspecified atom stereocenters. The summed E-state index contributed by atoms with van der Waals surface area (Å²) in [6.45, 7) is 13.2. The SMILES string of the molecule is CC1CN(c2ccc(CNC(C)(C)C)cc2)CCN1C. The summed E-state index contributed by atoms with van der Waals surface area (Å²) in [6, 6.07) is 9.65. The first-order chi connectivity index (χ1) is 9.35. The van der Waals surface area contributed by atoms with Crippen LogP contribution < -0.4 is 10.2 Å². The zero-order chi connectivity index (χ0) is 14.8. The summed E-state index contributed by atoms with van der Waals surface area (Å²) in [7, 11) is 2.21. The average Bonchev–Trinajstić information content (AvgIpc) is 2.39. The molecular formula is C17H29N3. The summed E-state index contributed by atoms with van der Waals surface area (Å²) < 4.78 is 0. The predicted octanol–water partition coefficient (Wildman–Crippen LogP) is 2.72. The van der Waals surface area contributed by atoms with Gasteiger partial charge in [0.2, 0.25) is 0 Å². The molecule has 112 valence electrons. The van der Waals surface area contributed by atoms with Gasteiger partial charge in [-0.3, -0.25) is 0 Å². The van der Waals surface area contributed by atoms with Crippen LogP contribution in [0.5, 0.6) is 0 Å². The number of anilines is 1. The van der Waals surface area contributed by atoms with Crippen molar-refractivity contribution in [1.82, 2.24) is 10.2 Å². The van der Waals surface area contributed by atoms with Gasteiger partial charge >= 0.3 is 0 Å². The molecule has 0 saturated carbocycles. The van der Waals surface area contributed by atoms with Gasteiger partial charge < -0.3 is 15.1 Å². The average molecular weight is 275 g/mol. The van der Waals surface area contributed by atoms with Crippen molar-refractivity contribution < 1.29 is 0 Å². The molecule has 0 amide bonds. The summed E-state index contributed by atoms with van der Waals surface area (Å²) in [6.07, 6.45) is 0. The number of rotatable bonds is 3. The Kier molecular flexibility index (Phi) is 4.71. The summed E-state index contributed by atoms with van der Waals surface area (Å²) in [4.78, 5) is 4.92. The number of nitrogens with zero attached hydrogens (tertiary/aromatic N) is 2. The molecule has 3 nitrogen and oxygen atoms in total. The molecule has 1 fully saturated rings. The van der Waals surface area contributed by atoms with Crippen LogP contribution in [0.4, 0.5) is 5.69 Å². The van der Waals surface area contributed by atoms with Crippen molar-refractivity contribution in [3.8, 4) is 0 Å². The van der Waals surface area contributed by atoms with Gasteiger partial charge in [-0.05, 0) is 52.4 Å². The minimum absolute atomic E-state index is 0.172. The van der Waals surface area contributed by atoms with Gasteiger partial charge in [-0.15, -0.1) is 0 Å². The molecule has 1 aromatic rings. The normalized spacial score (nSPS) is 21.2. The Morgan fingerprint density at radius 2 is 1.80 bits per heavy atom. The summed E-state index contributed by atoms with van der Waals surface area (Å²) in [5, 5.41) is 3.53. The van der Waals surface area contributed by atoms with Crippen molar-refractivity contribution in [3.05, 3.63) is 29.8 Å². The first-order valence-corrected chi connectivity index (χ1v) is 7.64. The number of hydrogen-bond acceptors (Lipinski definition) is 3. The monoisotopic (exact) mass is 275 g/mol. The number of benzene rings is 1. The maximum atomic E-state index is 3.53. The second-order valence-corrected chi connectivity index (χ2v) is 7.05. The van der Waals surface area contributed by atoms with Crippen molar-refractivity contribution in [2.45, 2.75) is 45.8 Å². The summed E-state index contributed by atoms with van der Waals surface area (Å²) in [5.74, 6) is 0. The Morgan fingerprint density at radius 3 is 2.35 bits per heavy atom. The molecule has 0 radical (unpaired) electrons. The van der Waals surface area contributed by atoms with Crippen LogP contribution in [0.25, 0.3) is 0 Å². The van der Waals surface area contributed by atoms with Gasteiger partial charge in [-0.2, -0.15) is 0 Å². The molecule has 1 aliphatic rings. The van der Waals surface area contributed by atoms with E-state index in [4.69, 9.17) is 0 Å². The molecule has 0 aliphatic carbocycles. The largest absolute Gasteiger partial charge is 0.369 e. The molecule has 1 atom stereocenters. The summed E-state index contributed by atoms with van der Waals surface area (Å²) >= 11 is 0. The number of nitrogens with one attached hydrogen (secondary N) is 1. The van der Waals surface area contributed by atoms with Gasteiger partial charge in [-0.25, -0.2) is 0 Å². The molecule has 20 heavy (non-hydrogen) atoms. The Morgan fingerprint density at radius 1 is 1.15 bits per heavy atom. The minimum Gasteiger partial charge on any atom is -0.369 e. The van der Waals surface area contributed by atoms with Gasteiger partial charge in [0.1, 0.15) is 0 Å². The molecule has 1 saturated heterocycles. The van der Waals surface area contributed by atoms with E-state index in [1.165, 1.54) is 11.3 Å². The van der Waals surface area contributed by atoms with E-state index in [-0.39, 0.29) is 5.54 Å². The van der Waals surface area contributed by atoms with Gasteiger partial charge in [0.05, 0.1) is 0 Å². The van der Waals surface area contributed by atoms with E-state index in [0.717, 1.165) is 26.2 Å². The standard InChI is InChI=1S/C17H29N3/c1-14-13-20(11-10-19(14)5)16-8-6-15(7-9-16)12-18-17(2,3)4/h6-9,14,18H,10-13H2,1-5H3. The molecule has 0 aromatic heterocycles. The van der Waals surface area contributed by atoms with Gasteiger partial charge in [-0.1, -0.05) is 12.1 Å². The Hall–Kier alpha value is -1.06. The molecule has 1 aliphatic heterocycles. The van der Waals surface area contributed by atoms with Crippen LogP contribution in [-0.2, 0) is 6.54 Å². The van der Waals surface area contributed by atoms with E-state index in [9.17, 15) is 0 Å². The molecule has 1 aromatic carbocycles. The van der Waals surface area contributed by atoms with Crippen LogP contribution in [0.1, 0.15) is 33.3 Å². The lowest BCUT2D eigenvalue weighted by Gasteiger charge is -2.39. The van der Waals surface area contributed by atoms with E-state index < -0.39 is 0 Å². The van der Waals surface area contributed by atoms with Crippen LogP contribution in [0.15, 0.2) is 24.3 Å². The third kappa shape index (κ3) is 4.22. The maximum Gasteiger partial charge on any atom is 0.0367 e. The highest BCUT2D eigenvalue weighted by atomic mass is 15.3. The Bertz CT molecular complexity index is 419. The van der Waals surface area contributed by atoms with Crippen LogP contribution >= 0.6 is 0 Å². The Balaban J connectivity index is 1.94. The third-order valence-corrected chi connectivity index (χ3v) is 4.08.